The van der Waals surface area contributed by atoms with Gasteiger partial charge in [-0.3, -0.25) is 9.69 Å². The van der Waals surface area contributed by atoms with Gasteiger partial charge < -0.3 is 19.0 Å². The fourth-order valence-corrected chi connectivity index (χ4v) is 3.40. The van der Waals surface area contributed by atoms with Gasteiger partial charge in [-0.05, 0) is 63.1 Å². The van der Waals surface area contributed by atoms with Crippen LogP contribution in [0.5, 0.6) is 5.75 Å². The van der Waals surface area contributed by atoms with Crippen LogP contribution in [0.25, 0.3) is 0 Å². The summed E-state index contributed by atoms with van der Waals surface area (Å²) in [4.78, 5) is 13.5. The van der Waals surface area contributed by atoms with E-state index in [4.69, 9.17) is 13.9 Å². The summed E-state index contributed by atoms with van der Waals surface area (Å²) in [5.41, 5.74) is 0.643. The van der Waals surface area contributed by atoms with Crippen LogP contribution in [0.3, 0.4) is 0 Å². The van der Waals surface area contributed by atoms with Gasteiger partial charge in [0.25, 0.3) is 0 Å². The number of nitrogens with zero attached hydrogens (tertiary/aromatic N) is 1. The van der Waals surface area contributed by atoms with Gasteiger partial charge in [-0.25, -0.2) is 0 Å². The van der Waals surface area contributed by atoms with Crippen molar-refractivity contribution in [3.8, 4) is 5.75 Å². The summed E-state index contributed by atoms with van der Waals surface area (Å²) < 4.78 is 17.1. The van der Waals surface area contributed by atoms with Gasteiger partial charge >= 0.3 is 0 Å². The molecule has 1 aromatic carbocycles. The highest BCUT2D eigenvalue weighted by molar-refractivity contribution is 5.94. The minimum absolute atomic E-state index is 0.0181. The average Bonchev–Trinajstić information content (AvgIpc) is 3.32. The van der Waals surface area contributed by atoms with Crippen LogP contribution >= 0.6 is 0 Å². The zero-order chi connectivity index (χ0) is 19.9. The van der Waals surface area contributed by atoms with E-state index >= 15 is 0 Å². The second-order valence-electron chi connectivity index (χ2n) is 7.39. The van der Waals surface area contributed by atoms with Crippen LogP contribution in [0.4, 0.5) is 0 Å². The van der Waals surface area contributed by atoms with Crippen molar-refractivity contribution in [3.05, 3.63) is 53.5 Å². The maximum atomic E-state index is 11.3. The van der Waals surface area contributed by atoms with Crippen LogP contribution in [-0.2, 0) is 11.3 Å². The number of carbonyl (C=O) groups excluding carboxylic acids is 1. The first-order chi connectivity index (χ1) is 13.5. The van der Waals surface area contributed by atoms with Gasteiger partial charge in [-0.2, -0.15) is 0 Å². The topological polar surface area (TPSA) is 72.1 Å². The Morgan fingerprint density at radius 3 is 2.68 bits per heavy atom. The Kier molecular flexibility index (Phi) is 7.25. The summed E-state index contributed by atoms with van der Waals surface area (Å²) in [6.07, 6.45) is 1.68. The Hall–Kier alpha value is -2.15. The summed E-state index contributed by atoms with van der Waals surface area (Å²) in [5.74, 6) is 2.41. The van der Waals surface area contributed by atoms with Crippen LogP contribution < -0.4 is 4.74 Å². The standard InChI is InChI=1S/C22H29NO5/c1-16-5-8-22(28-16)14-23(13-21-4-3-11-26-21)12-19(25)15-27-20-9-6-18(7-10-20)17(2)24/h5-10,19,21,25H,3-4,11-15H2,1-2H3. The Bertz CT molecular complexity index is 749. The quantitative estimate of drug-likeness (QED) is 0.631. The van der Waals surface area contributed by atoms with Crippen molar-refractivity contribution < 1.29 is 23.8 Å². The number of furan rings is 1. The number of aryl methyl sites for hydroxylation is 1. The van der Waals surface area contributed by atoms with Crippen molar-refractivity contribution in [2.75, 3.05) is 26.3 Å². The molecule has 28 heavy (non-hydrogen) atoms. The van der Waals surface area contributed by atoms with E-state index in [0.29, 0.717) is 24.4 Å². The Morgan fingerprint density at radius 1 is 1.29 bits per heavy atom. The second-order valence-corrected chi connectivity index (χ2v) is 7.39. The van der Waals surface area contributed by atoms with Gasteiger partial charge in [-0.15, -0.1) is 0 Å². The molecule has 1 aliphatic rings. The van der Waals surface area contributed by atoms with Crippen LogP contribution in [0, 0.1) is 6.92 Å². The van der Waals surface area contributed by atoms with Gasteiger partial charge in [-0.1, -0.05) is 0 Å². The normalized spacial score (nSPS) is 17.8. The number of hydrogen-bond acceptors (Lipinski definition) is 6. The molecule has 1 aliphatic heterocycles. The Labute approximate surface area is 166 Å². The predicted molar refractivity (Wildman–Crippen MR) is 106 cm³/mol. The number of aliphatic hydroxyl groups is 1. The summed E-state index contributed by atoms with van der Waals surface area (Å²) in [5, 5.41) is 10.5. The molecule has 2 atom stereocenters. The minimum Gasteiger partial charge on any atom is -0.491 e. The second kappa shape index (κ2) is 9.87. The van der Waals surface area contributed by atoms with Gasteiger partial charge in [0.05, 0.1) is 12.6 Å². The monoisotopic (exact) mass is 387 g/mol. The number of ketones is 1. The lowest BCUT2D eigenvalue weighted by atomic mass is 10.1. The first-order valence-electron chi connectivity index (χ1n) is 9.81. The molecule has 0 bridgehead atoms. The van der Waals surface area contributed by atoms with E-state index in [9.17, 15) is 9.90 Å². The highest BCUT2D eigenvalue weighted by atomic mass is 16.5. The van der Waals surface area contributed by atoms with Gasteiger partial charge in [0.15, 0.2) is 5.78 Å². The smallest absolute Gasteiger partial charge is 0.159 e. The maximum Gasteiger partial charge on any atom is 0.159 e. The Balaban J connectivity index is 1.53. The third kappa shape index (κ3) is 6.19. The minimum atomic E-state index is -0.648. The maximum absolute atomic E-state index is 11.3. The molecule has 6 heteroatoms. The average molecular weight is 387 g/mol. The molecule has 0 saturated carbocycles. The summed E-state index contributed by atoms with van der Waals surface area (Å²) >= 11 is 0. The molecule has 6 nitrogen and oxygen atoms in total. The first kappa shape index (κ1) is 20.6. The number of carbonyl (C=O) groups is 1. The van der Waals surface area contributed by atoms with Crippen molar-refractivity contribution in [2.24, 2.45) is 0 Å². The molecule has 0 aliphatic carbocycles. The Morgan fingerprint density at radius 2 is 2.07 bits per heavy atom. The van der Waals surface area contributed by atoms with E-state index in [2.05, 4.69) is 4.90 Å². The van der Waals surface area contributed by atoms with E-state index in [1.54, 1.807) is 24.3 Å². The lowest BCUT2D eigenvalue weighted by Crippen LogP contribution is -2.39. The molecule has 2 unspecified atom stereocenters. The van der Waals surface area contributed by atoms with Crippen molar-refractivity contribution in [1.29, 1.82) is 0 Å². The van der Waals surface area contributed by atoms with Crippen LogP contribution in [0.2, 0.25) is 0 Å². The van der Waals surface area contributed by atoms with Gasteiger partial charge in [0.1, 0.15) is 30.0 Å². The highest BCUT2D eigenvalue weighted by Gasteiger charge is 2.22. The molecule has 0 radical (unpaired) electrons. The van der Waals surface area contributed by atoms with Crippen LogP contribution in [0.15, 0.2) is 40.8 Å². The fourth-order valence-electron chi connectivity index (χ4n) is 3.40. The zero-order valence-corrected chi connectivity index (χ0v) is 16.6. The van der Waals surface area contributed by atoms with E-state index in [1.807, 2.05) is 19.1 Å². The summed E-state index contributed by atoms with van der Waals surface area (Å²) in [6.45, 7) is 6.28. The summed E-state index contributed by atoms with van der Waals surface area (Å²) in [7, 11) is 0. The first-order valence-corrected chi connectivity index (χ1v) is 9.81. The molecule has 1 saturated heterocycles. The summed E-state index contributed by atoms with van der Waals surface area (Å²) in [6, 6.07) is 10.9. The zero-order valence-electron chi connectivity index (χ0n) is 16.6. The molecule has 1 N–H and O–H groups in total. The molecule has 2 aromatic rings. The van der Waals surface area contributed by atoms with Crippen molar-refractivity contribution in [1.82, 2.24) is 4.90 Å². The van der Waals surface area contributed by atoms with E-state index in [0.717, 1.165) is 37.5 Å². The number of benzene rings is 1. The molecule has 1 fully saturated rings. The molecular weight excluding hydrogens is 358 g/mol. The fraction of sp³-hybridized carbons (Fsp3) is 0.500. The molecule has 0 amide bonds. The van der Waals surface area contributed by atoms with E-state index < -0.39 is 6.10 Å². The lowest BCUT2D eigenvalue weighted by molar-refractivity contribution is 0.0289. The number of hydrogen-bond donors (Lipinski definition) is 1. The van der Waals surface area contributed by atoms with Crippen LogP contribution in [-0.4, -0.2) is 54.3 Å². The molecule has 3 rings (SSSR count). The number of Topliss-reactive ketones (excluding diaryl/α,β-unsaturated/α-hetero) is 1. The molecular formula is C22H29NO5. The van der Waals surface area contributed by atoms with E-state index in [1.165, 1.54) is 6.92 Å². The molecule has 1 aromatic heterocycles. The third-order valence-corrected chi connectivity index (χ3v) is 4.83. The molecule has 2 heterocycles. The number of rotatable bonds is 10. The predicted octanol–water partition coefficient (Wildman–Crippen LogP) is 3.21. The lowest BCUT2D eigenvalue weighted by Gasteiger charge is -2.26. The number of ether oxygens (including phenoxy) is 2. The van der Waals surface area contributed by atoms with Gasteiger partial charge in [0.2, 0.25) is 0 Å². The van der Waals surface area contributed by atoms with Gasteiger partial charge in [0, 0.05) is 25.3 Å². The van der Waals surface area contributed by atoms with Crippen molar-refractivity contribution in [3.63, 3.8) is 0 Å². The van der Waals surface area contributed by atoms with Crippen molar-refractivity contribution in [2.45, 2.75) is 45.4 Å². The third-order valence-electron chi connectivity index (χ3n) is 4.83. The van der Waals surface area contributed by atoms with E-state index in [-0.39, 0.29) is 18.5 Å². The SMILES string of the molecule is CC(=O)c1ccc(OCC(O)CN(Cc2ccc(C)o2)CC2CCCO2)cc1. The number of aliphatic hydroxyl groups excluding tert-OH is 1. The molecule has 152 valence electrons. The van der Waals surface area contributed by atoms with Crippen molar-refractivity contribution >= 4 is 5.78 Å². The van der Waals surface area contributed by atoms with Crippen LogP contribution in [0.1, 0.15) is 41.6 Å². The highest BCUT2D eigenvalue weighted by Crippen LogP contribution is 2.17. The molecule has 0 spiro atoms. The largest absolute Gasteiger partial charge is 0.491 e.